The molecule has 7 nitrogen and oxygen atoms in total. The summed E-state index contributed by atoms with van der Waals surface area (Å²) in [5.41, 5.74) is 2.94. The van der Waals surface area contributed by atoms with E-state index in [-0.39, 0.29) is 5.91 Å². The van der Waals surface area contributed by atoms with E-state index in [9.17, 15) is 4.79 Å². The zero-order valence-electron chi connectivity index (χ0n) is 19.2. The second-order valence-electron chi connectivity index (χ2n) is 7.27. The summed E-state index contributed by atoms with van der Waals surface area (Å²) in [5, 5.41) is 3.50. The predicted molar refractivity (Wildman–Crippen MR) is 132 cm³/mol. The third-order valence-electron chi connectivity index (χ3n) is 4.89. The van der Waals surface area contributed by atoms with E-state index in [4.69, 9.17) is 30.2 Å². The third kappa shape index (κ3) is 5.10. The molecule has 0 spiro atoms. The standard InChI is InChI=1S/C26H25ClN2O5/c1-4-31-22-13-17(14-23(32-5-2)24(22)33-6-3)25(30)28-19-10-11-20-21(15-19)34-26(29-20)16-8-7-9-18(27)12-16/h7-15H,4-6H2,1-3H3,(H,28,30). The molecular formula is C26H25ClN2O5. The Balaban J connectivity index is 1.62. The Morgan fingerprint density at radius 2 is 1.65 bits per heavy atom. The van der Waals surface area contributed by atoms with E-state index in [1.807, 2.05) is 32.9 Å². The van der Waals surface area contributed by atoms with Gasteiger partial charge in [0.25, 0.3) is 5.91 Å². The minimum absolute atomic E-state index is 0.320. The molecule has 1 aromatic heterocycles. The van der Waals surface area contributed by atoms with Crippen molar-refractivity contribution in [1.82, 2.24) is 4.98 Å². The fourth-order valence-corrected chi connectivity index (χ4v) is 3.66. The number of benzene rings is 3. The summed E-state index contributed by atoms with van der Waals surface area (Å²) in [4.78, 5) is 17.6. The Morgan fingerprint density at radius 1 is 0.941 bits per heavy atom. The zero-order valence-corrected chi connectivity index (χ0v) is 19.9. The number of aromatic nitrogens is 1. The summed E-state index contributed by atoms with van der Waals surface area (Å²) in [5.74, 6) is 1.53. The van der Waals surface area contributed by atoms with Gasteiger partial charge >= 0.3 is 0 Å². The molecule has 1 heterocycles. The zero-order chi connectivity index (χ0) is 24.1. The van der Waals surface area contributed by atoms with Gasteiger partial charge in [-0.25, -0.2) is 4.98 Å². The monoisotopic (exact) mass is 480 g/mol. The van der Waals surface area contributed by atoms with Crippen LogP contribution < -0.4 is 19.5 Å². The predicted octanol–water partition coefficient (Wildman–Crippen LogP) is 6.60. The Bertz CT molecular complexity index is 1290. The summed E-state index contributed by atoms with van der Waals surface area (Å²) in [7, 11) is 0. The molecule has 4 aromatic rings. The van der Waals surface area contributed by atoms with Gasteiger partial charge in [-0.15, -0.1) is 0 Å². The summed E-state index contributed by atoms with van der Waals surface area (Å²) in [6.45, 7) is 6.91. The maximum atomic E-state index is 13.1. The summed E-state index contributed by atoms with van der Waals surface area (Å²) in [6.07, 6.45) is 0. The lowest BCUT2D eigenvalue weighted by Gasteiger charge is -2.17. The van der Waals surface area contributed by atoms with Crippen LogP contribution in [-0.4, -0.2) is 30.7 Å². The van der Waals surface area contributed by atoms with Crippen LogP contribution in [0.5, 0.6) is 17.2 Å². The van der Waals surface area contributed by atoms with Crippen LogP contribution in [0.1, 0.15) is 31.1 Å². The van der Waals surface area contributed by atoms with Crippen molar-refractivity contribution in [3.05, 3.63) is 65.2 Å². The van der Waals surface area contributed by atoms with Crippen LogP contribution in [-0.2, 0) is 0 Å². The molecule has 0 aliphatic heterocycles. The number of hydrogen-bond acceptors (Lipinski definition) is 6. The average molecular weight is 481 g/mol. The second kappa shape index (κ2) is 10.5. The molecule has 0 unspecified atom stereocenters. The van der Waals surface area contributed by atoms with Crippen LogP contribution in [0.4, 0.5) is 5.69 Å². The number of halogens is 1. The highest BCUT2D eigenvalue weighted by atomic mass is 35.5. The lowest BCUT2D eigenvalue weighted by atomic mass is 10.1. The van der Waals surface area contributed by atoms with Gasteiger partial charge in [-0.2, -0.15) is 0 Å². The molecule has 0 atom stereocenters. The maximum absolute atomic E-state index is 13.1. The van der Waals surface area contributed by atoms with Gasteiger partial charge in [0.05, 0.1) is 19.8 Å². The van der Waals surface area contributed by atoms with E-state index in [2.05, 4.69) is 10.3 Å². The number of carbonyl (C=O) groups is 1. The van der Waals surface area contributed by atoms with E-state index >= 15 is 0 Å². The van der Waals surface area contributed by atoms with Gasteiger partial charge in [0, 0.05) is 27.9 Å². The first-order valence-electron chi connectivity index (χ1n) is 11.1. The SMILES string of the molecule is CCOc1cc(C(=O)Nc2ccc3nc(-c4cccc(Cl)c4)oc3c2)cc(OCC)c1OCC. The van der Waals surface area contributed by atoms with E-state index in [0.717, 1.165) is 5.56 Å². The molecule has 1 amide bonds. The van der Waals surface area contributed by atoms with Gasteiger partial charge in [-0.3, -0.25) is 4.79 Å². The van der Waals surface area contributed by atoms with Crippen molar-refractivity contribution in [1.29, 1.82) is 0 Å². The van der Waals surface area contributed by atoms with Crippen LogP contribution >= 0.6 is 11.6 Å². The van der Waals surface area contributed by atoms with Crippen molar-refractivity contribution in [2.75, 3.05) is 25.1 Å². The number of nitrogens with one attached hydrogen (secondary N) is 1. The Morgan fingerprint density at radius 3 is 2.29 bits per heavy atom. The second-order valence-corrected chi connectivity index (χ2v) is 7.70. The van der Waals surface area contributed by atoms with Crippen LogP contribution in [0.25, 0.3) is 22.6 Å². The van der Waals surface area contributed by atoms with Gasteiger partial charge in [0.15, 0.2) is 17.1 Å². The summed E-state index contributed by atoms with van der Waals surface area (Å²) >= 11 is 6.08. The van der Waals surface area contributed by atoms with E-state index in [0.29, 0.717) is 70.3 Å². The van der Waals surface area contributed by atoms with Crippen LogP contribution in [0.15, 0.2) is 59.0 Å². The molecule has 34 heavy (non-hydrogen) atoms. The fourth-order valence-electron chi connectivity index (χ4n) is 3.47. The number of fused-ring (bicyclic) bond motifs is 1. The van der Waals surface area contributed by atoms with Crippen molar-refractivity contribution in [2.24, 2.45) is 0 Å². The summed E-state index contributed by atoms with van der Waals surface area (Å²) < 4.78 is 23.0. The highest BCUT2D eigenvalue weighted by Gasteiger charge is 2.19. The van der Waals surface area contributed by atoms with Crippen molar-refractivity contribution < 1.29 is 23.4 Å². The number of ether oxygens (including phenoxy) is 3. The smallest absolute Gasteiger partial charge is 0.255 e. The molecule has 4 rings (SSSR count). The van der Waals surface area contributed by atoms with Gasteiger partial charge in [-0.05, 0) is 63.2 Å². The highest BCUT2D eigenvalue weighted by molar-refractivity contribution is 6.30. The average Bonchev–Trinajstić information content (AvgIpc) is 3.25. The normalized spacial score (nSPS) is 10.8. The first-order chi connectivity index (χ1) is 16.5. The lowest BCUT2D eigenvalue weighted by Crippen LogP contribution is -2.13. The van der Waals surface area contributed by atoms with Gasteiger partial charge in [0.2, 0.25) is 11.6 Å². The first-order valence-corrected chi connectivity index (χ1v) is 11.4. The molecule has 3 aromatic carbocycles. The highest BCUT2D eigenvalue weighted by Crippen LogP contribution is 2.39. The molecule has 8 heteroatoms. The topological polar surface area (TPSA) is 82.8 Å². The number of anilines is 1. The van der Waals surface area contributed by atoms with Crippen LogP contribution in [0.3, 0.4) is 0 Å². The van der Waals surface area contributed by atoms with E-state index in [1.54, 1.807) is 42.5 Å². The maximum Gasteiger partial charge on any atom is 0.255 e. The fraction of sp³-hybridized carbons (Fsp3) is 0.231. The van der Waals surface area contributed by atoms with Crippen molar-refractivity contribution >= 4 is 34.3 Å². The minimum atomic E-state index is -0.320. The number of amides is 1. The Kier molecular flexibility index (Phi) is 7.23. The molecule has 0 aliphatic carbocycles. The van der Waals surface area contributed by atoms with Crippen molar-refractivity contribution in [2.45, 2.75) is 20.8 Å². The number of rotatable bonds is 9. The number of oxazole rings is 1. The van der Waals surface area contributed by atoms with Crippen LogP contribution in [0.2, 0.25) is 5.02 Å². The number of carbonyl (C=O) groups excluding carboxylic acids is 1. The van der Waals surface area contributed by atoms with E-state index in [1.165, 1.54) is 0 Å². The molecular weight excluding hydrogens is 456 g/mol. The minimum Gasteiger partial charge on any atom is -0.490 e. The van der Waals surface area contributed by atoms with E-state index < -0.39 is 0 Å². The molecule has 0 bridgehead atoms. The Labute approximate surface area is 202 Å². The molecule has 0 saturated heterocycles. The largest absolute Gasteiger partial charge is 0.490 e. The first kappa shape index (κ1) is 23.4. The molecule has 176 valence electrons. The van der Waals surface area contributed by atoms with Gasteiger partial charge < -0.3 is 23.9 Å². The van der Waals surface area contributed by atoms with Gasteiger partial charge in [0.1, 0.15) is 5.52 Å². The van der Waals surface area contributed by atoms with Crippen molar-refractivity contribution in [3.8, 4) is 28.7 Å². The van der Waals surface area contributed by atoms with Crippen molar-refractivity contribution in [3.63, 3.8) is 0 Å². The quantitative estimate of drug-likeness (QED) is 0.290. The Hall–Kier alpha value is -3.71. The molecule has 0 aliphatic rings. The molecule has 0 saturated carbocycles. The number of nitrogens with zero attached hydrogens (tertiary/aromatic N) is 1. The third-order valence-corrected chi connectivity index (χ3v) is 5.12. The lowest BCUT2D eigenvalue weighted by molar-refractivity contribution is 0.102. The molecule has 1 N–H and O–H groups in total. The molecule has 0 fully saturated rings. The summed E-state index contributed by atoms with van der Waals surface area (Å²) in [6, 6.07) is 15.9. The van der Waals surface area contributed by atoms with Gasteiger partial charge in [-0.1, -0.05) is 17.7 Å². The molecule has 0 radical (unpaired) electrons. The van der Waals surface area contributed by atoms with Crippen LogP contribution in [0, 0.1) is 0 Å². The number of hydrogen-bond donors (Lipinski definition) is 1.